The molecule has 17 heavy (non-hydrogen) atoms. The lowest BCUT2D eigenvalue weighted by molar-refractivity contribution is 0.111. The van der Waals surface area contributed by atoms with Crippen molar-refractivity contribution in [1.82, 2.24) is 9.80 Å². The van der Waals surface area contributed by atoms with E-state index >= 15 is 0 Å². The van der Waals surface area contributed by atoms with Crippen molar-refractivity contribution >= 4 is 5.84 Å². The van der Waals surface area contributed by atoms with Crippen molar-refractivity contribution in [3.05, 3.63) is 0 Å². The van der Waals surface area contributed by atoms with E-state index in [1.165, 1.54) is 0 Å². The fourth-order valence-electron chi connectivity index (χ4n) is 2.07. The molecule has 0 spiro atoms. The molecular formula is C11H24N4O2. The van der Waals surface area contributed by atoms with Gasteiger partial charge in [0, 0.05) is 39.1 Å². The molecule has 0 unspecified atom stereocenters. The zero-order valence-electron chi connectivity index (χ0n) is 10.4. The van der Waals surface area contributed by atoms with Crippen LogP contribution >= 0.6 is 0 Å². The molecule has 1 aliphatic heterocycles. The maximum Gasteiger partial charge on any atom is 0.139 e. The summed E-state index contributed by atoms with van der Waals surface area (Å²) in [5.41, 5.74) is 5.40. The number of piperazine rings is 1. The SMILES string of the molecule is N/C(CCCCN1CCN(CCO)CC1)=N/O. The molecule has 0 atom stereocenters. The van der Waals surface area contributed by atoms with Gasteiger partial charge in [-0.3, -0.25) is 4.90 Å². The van der Waals surface area contributed by atoms with Gasteiger partial charge >= 0.3 is 0 Å². The summed E-state index contributed by atoms with van der Waals surface area (Å²) < 4.78 is 0. The summed E-state index contributed by atoms with van der Waals surface area (Å²) in [6, 6.07) is 0. The third kappa shape index (κ3) is 5.86. The average molecular weight is 244 g/mol. The first kappa shape index (κ1) is 14.2. The minimum Gasteiger partial charge on any atom is -0.409 e. The van der Waals surface area contributed by atoms with Crippen LogP contribution in [-0.4, -0.2) is 71.8 Å². The molecule has 0 aromatic heterocycles. The third-order valence-corrected chi connectivity index (χ3v) is 3.17. The highest BCUT2D eigenvalue weighted by Gasteiger charge is 2.15. The van der Waals surface area contributed by atoms with E-state index in [2.05, 4.69) is 15.0 Å². The van der Waals surface area contributed by atoms with Crippen LogP contribution in [0, 0.1) is 0 Å². The van der Waals surface area contributed by atoms with Crippen LogP contribution in [0.25, 0.3) is 0 Å². The fraction of sp³-hybridized carbons (Fsp3) is 0.909. The predicted molar refractivity (Wildman–Crippen MR) is 67.2 cm³/mol. The number of hydrogen-bond acceptors (Lipinski definition) is 5. The summed E-state index contributed by atoms with van der Waals surface area (Å²) in [5.74, 6) is 0.317. The van der Waals surface area contributed by atoms with Crippen LogP contribution in [0.15, 0.2) is 5.16 Å². The first-order valence-electron chi connectivity index (χ1n) is 6.28. The van der Waals surface area contributed by atoms with Gasteiger partial charge in [0.05, 0.1) is 6.61 Å². The molecule has 0 aromatic rings. The van der Waals surface area contributed by atoms with Crippen LogP contribution in [0.1, 0.15) is 19.3 Å². The molecule has 1 heterocycles. The quantitative estimate of drug-likeness (QED) is 0.185. The van der Waals surface area contributed by atoms with Gasteiger partial charge < -0.3 is 20.9 Å². The Morgan fingerprint density at radius 1 is 1.06 bits per heavy atom. The lowest BCUT2D eigenvalue weighted by Crippen LogP contribution is -2.47. The van der Waals surface area contributed by atoms with Gasteiger partial charge in [-0.15, -0.1) is 0 Å². The van der Waals surface area contributed by atoms with Crippen LogP contribution < -0.4 is 5.73 Å². The van der Waals surface area contributed by atoms with Crippen LogP contribution in [0.3, 0.4) is 0 Å². The van der Waals surface area contributed by atoms with Gasteiger partial charge in [0.2, 0.25) is 0 Å². The Labute approximate surface area is 103 Å². The van der Waals surface area contributed by atoms with Crippen LogP contribution in [0.2, 0.25) is 0 Å². The fourth-order valence-corrected chi connectivity index (χ4v) is 2.07. The number of amidine groups is 1. The summed E-state index contributed by atoms with van der Waals surface area (Å²) in [7, 11) is 0. The van der Waals surface area contributed by atoms with Crippen LogP contribution in [0.4, 0.5) is 0 Å². The van der Waals surface area contributed by atoms with E-state index in [1.54, 1.807) is 0 Å². The Balaban J connectivity index is 2.02. The number of oxime groups is 1. The molecule has 1 saturated heterocycles. The van der Waals surface area contributed by atoms with Crippen molar-refractivity contribution < 1.29 is 10.3 Å². The molecule has 0 radical (unpaired) electrons. The van der Waals surface area contributed by atoms with Crippen molar-refractivity contribution in [2.75, 3.05) is 45.9 Å². The number of aliphatic hydroxyl groups is 1. The van der Waals surface area contributed by atoms with Crippen molar-refractivity contribution in [2.24, 2.45) is 10.9 Å². The van der Waals surface area contributed by atoms with Gasteiger partial charge in [-0.05, 0) is 19.4 Å². The molecule has 0 aliphatic carbocycles. The second-order valence-electron chi connectivity index (χ2n) is 4.46. The maximum absolute atomic E-state index is 8.83. The molecular weight excluding hydrogens is 220 g/mol. The predicted octanol–water partition coefficient (Wildman–Crippen LogP) is -0.487. The Bertz CT molecular complexity index is 228. The number of hydrogen-bond donors (Lipinski definition) is 3. The van der Waals surface area contributed by atoms with Gasteiger partial charge in [-0.2, -0.15) is 0 Å². The van der Waals surface area contributed by atoms with E-state index in [9.17, 15) is 0 Å². The summed E-state index contributed by atoms with van der Waals surface area (Å²) in [4.78, 5) is 4.72. The number of nitrogens with zero attached hydrogens (tertiary/aromatic N) is 3. The third-order valence-electron chi connectivity index (χ3n) is 3.17. The second kappa shape index (κ2) is 8.27. The molecule has 1 aliphatic rings. The highest BCUT2D eigenvalue weighted by molar-refractivity contribution is 5.79. The Morgan fingerprint density at radius 2 is 1.65 bits per heavy atom. The van der Waals surface area contributed by atoms with Gasteiger partial charge in [-0.25, -0.2) is 0 Å². The number of nitrogens with two attached hydrogens (primary N) is 1. The zero-order valence-corrected chi connectivity index (χ0v) is 10.4. The smallest absolute Gasteiger partial charge is 0.139 e. The van der Waals surface area contributed by atoms with Crippen molar-refractivity contribution in [3.8, 4) is 0 Å². The Hall–Kier alpha value is -0.850. The molecule has 1 rings (SSSR count). The van der Waals surface area contributed by atoms with Crippen molar-refractivity contribution in [3.63, 3.8) is 0 Å². The highest BCUT2D eigenvalue weighted by Crippen LogP contribution is 2.04. The first-order chi connectivity index (χ1) is 8.26. The zero-order chi connectivity index (χ0) is 12.5. The topological polar surface area (TPSA) is 85.3 Å². The molecule has 6 nitrogen and oxygen atoms in total. The van der Waals surface area contributed by atoms with Crippen molar-refractivity contribution in [1.29, 1.82) is 0 Å². The first-order valence-corrected chi connectivity index (χ1v) is 6.28. The molecule has 0 bridgehead atoms. The second-order valence-corrected chi connectivity index (χ2v) is 4.46. The molecule has 0 amide bonds. The molecule has 0 saturated carbocycles. The summed E-state index contributed by atoms with van der Waals surface area (Å²) >= 11 is 0. The number of unbranched alkanes of at least 4 members (excludes halogenated alkanes) is 1. The maximum atomic E-state index is 8.83. The van der Waals surface area contributed by atoms with Gasteiger partial charge in [0.25, 0.3) is 0 Å². The molecule has 1 fully saturated rings. The normalized spacial score (nSPS) is 19.7. The van der Waals surface area contributed by atoms with Crippen molar-refractivity contribution in [2.45, 2.75) is 19.3 Å². The largest absolute Gasteiger partial charge is 0.409 e. The Kier molecular flexibility index (Phi) is 6.91. The summed E-state index contributed by atoms with van der Waals surface area (Å²) in [6.45, 7) is 6.34. The van der Waals surface area contributed by atoms with Gasteiger partial charge in [-0.1, -0.05) is 5.16 Å². The minimum absolute atomic E-state index is 0.250. The van der Waals surface area contributed by atoms with E-state index in [0.717, 1.165) is 52.1 Å². The van der Waals surface area contributed by atoms with Crippen LogP contribution in [0.5, 0.6) is 0 Å². The van der Waals surface area contributed by atoms with E-state index in [-0.39, 0.29) is 6.61 Å². The average Bonchev–Trinajstić information content (AvgIpc) is 2.36. The summed E-state index contributed by atoms with van der Waals surface area (Å²) in [5, 5.41) is 20.2. The highest BCUT2D eigenvalue weighted by atomic mass is 16.4. The number of β-amino-alcohol motifs (C(OH)–C–C–N with tert-alkyl or cyclic N) is 1. The van der Waals surface area contributed by atoms with Gasteiger partial charge in [0.1, 0.15) is 5.84 Å². The molecule has 0 aromatic carbocycles. The Morgan fingerprint density at radius 3 is 2.18 bits per heavy atom. The van der Waals surface area contributed by atoms with E-state index in [0.29, 0.717) is 12.3 Å². The standard InChI is InChI=1S/C11H24N4O2/c12-11(13-17)3-1-2-4-14-5-7-15(8-6-14)9-10-16/h16-17H,1-10H2,(H2,12,13). The van der Waals surface area contributed by atoms with E-state index in [4.69, 9.17) is 16.0 Å². The molecule has 4 N–H and O–H groups in total. The minimum atomic E-state index is 0.250. The monoisotopic (exact) mass is 244 g/mol. The van der Waals surface area contributed by atoms with E-state index < -0.39 is 0 Å². The van der Waals surface area contributed by atoms with Gasteiger partial charge in [0.15, 0.2) is 0 Å². The number of rotatable bonds is 7. The summed E-state index contributed by atoms with van der Waals surface area (Å²) in [6.07, 6.45) is 2.71. The van der Waals surface area contributed by atoms with Crippen LogP contribution in [-0.2, 0) is 0 Å². The lowest BCUT2D eigenvalue weighted by atomic mass is 10.2. The van der Waals surface area contributed by atoms with E-state index in [1.807, 2.05) is 0 Å². The molecule has 6 heteroatoms. The lowest BCUT2D eigenvalue weighted by Gasteiger charge is -2.34. The molecule has 100 valence electrons. The number of aliphatic hydroxyl groups excluding tert-OH is 1.